The van der Waals surface area contributed by atoms with Gasteiger partial charge in [-0.3, -0.25) is 0 Å². The van der Waals surface area contributed by atoms with Gasteiger partial charge in [-0.1, -0.05) is 169 Å². The Kier molecular flexibility index (Phi) is 7.50. The summed E-state index contributed by atoms with van der Waals surface area (Å²) in [6.45, 7) is 0. The van der Waals surface area contributed by atoms with Crippen LogP contribution >= 0.6 is 0 Å². The van der Waals surface area contributed by atoms with E-state index in [1.165, 1.54) is 38.0 Å². The highest BCUT2D eigenvalue weighted by Gasteiger charge is 2.26. The number of fused-ring (bicyclic) bond motifs is 10. The first kappa shape index (κ1) is 34.4. The van der Waals surface area contributed by atoms with Gasteiger partial charge in [0.15, 0.2) is 0 Å². The van der Waals surface area contributed by atoms with Crippen molar-refractivity contribution in [3.05, 3.63) is 218 Å². The molecule has 0 N–H and O–H groups in total. The maximum Gasteiger partial charge on any atom is 0.121 e. The van der Waals surface area contributed by atoms with Gasteiger partial charge in [-0.2, -0.15) is 0 Å². The van der Waals surface area contributed by atoms with Gasteiger partial charge in [-0.15, -0.1) is 5.10 Å². The number of aromatic nitrogens is 6. The van der Waals surface area contributed by atoms with Crippen LogP contribution in [0.5, 0.6) is 0 Å². The van der Waals surface area contributed by atoms with Gasteiger partial charge in [-0.25, -0.2) is 4.68 Å². The Morgan fingerprint density at radius 1 is 0.306 bits per heavy atom. The molecule has 0 aliphatic carbocycles. The SMILES string of the molecule is c1ccc(-c2nnn(-c3cccc4c5ccccc5n(-c5ccccc5-n5c6ccccc6c6c5ccc5c7ccccc7n(-c7ccccc7)c56)c34)c2-c2ccccc2)cc1. The second-order valence-corrected chi connectivity index (χ2v) is 15.8. The molecular formula is C56H36N6. The van der Waals surface area contributed by atoms with Crippen molar-refractivity contribution in [3.63, 3.8) is 0 Å². The van der Waals surface area contributed by atoms with Crippen LogP contribution in [0.15, 0.2) is 218 Å². The largest absolute Gasteiger partial charge is 0.309 e. The molecule has 9 aromatic carbocycles. The summed E-state index contributed by atoms with van der Waals surface area (Å²) >= 11 is 0. The van der Waals surface area contributed by atoms with E-state index in [9.17, 15) is 0 Å². The molecule has 0 radical (unpaired) electrons. The monoisotopic (exact) mass is 792 g/mol. The van der Waals surface area contributed by atoms with Crippen LogP contribution < -0.4 is 0 Å². The van der Waals surface area contributed by atoms with Crippen LogP contribution in [0.3, 0.4) is 0 Å². The molecule has 0 bridgehead atoms. The van der Waals surface area contributed by atoms with Crippen molar-refractivity contribution in [2.45, 2.75) is 0 Å². The van der Waals surface area contributed by atoms with Crippen LogP contribution in [0.4, 0.5) is 0 Å². The summed E-state index contributed by atoms with van der Waals surface area (Å²) in [7, 11) is 0. The Bertz CT molecular complexity index is 3850. The van der Waals surface area contributed by atoms with Crippen molar-refractivity contribution >= 4 is 65.4 Å². The van der Waals surface area contributed by atoms with E-state index in [4.69, 9.17) is 10.3 Å². The summed E-state index contributed by atoms with van der Waals surface area (Å²) in [6.07, 6.45) is 0. The van der Waals surface area contributed by atoms with E-state index < -0.39 is 0 Å². The second kappa shape index (κ2) is 13.5. The van der Waals surface area contributed by atoms with Crippen molar-refractivity contribution in [3.8, 4) is 45.3 Å². The Morgan fingerprint density at radius 2 is 0.806 bits per heavy atom. The fourth-order valence-corrected chi connectivity index (χ4v) is 9.97. The molecule has 6 heteroatoms. The first-order chi connectivity index (χ1) is 30.8. The summed E-state index contributed by atoms with van der Waals surface area (Å²) in [5, 5.41) is 17.1. The van der Waals surface area contributed by atoms with Crippen LogP contribution in [-0.4, -0.2) is 28.7 Å². The minimum absolute atomic E-state index is 0.835. The maximum absolute atomic E-state index is 4.97. The molecule has 0 saturated carbocycles. The fourth-order valence-electron chi connectivity index (χ4n) is 9.97. The predicted molar refractivity (Wildman–Crippen MR) is 255 cm³/mol. The fraction of sp³-hybridized carbons (Fsp3) is 0. The number of rotatable bonds is 6. The summed E-state index contributed by atoms with van der Waals surface area (Å²) in [6, 6.07) is 78.0. The Balaban J connectivity index is 1.14. The summed E-state index contributed by atoms with van der Waals surface area (Å²) < 4.78 is 9.39. The van der Waals surface area contributed by atoms with Crippen LogP contribution in [0.25, 0.3) is 111 Å². The Morgan fingerprint density at radius 3 is 1.50 bits per heavy atom. The van der Waals surface area contributed by atoms with E-state index in [2.05, 4.69) is 226 Å². The van der Waals surface area contributed by atoms with Crippen LogP contribution in [0, 0.1) is 0 Å². The van der Waals surface area contributed by atoms with E-state index in [0.29, 0.717) is 0 Å². The van der Waals surface area contributed by atoms with Crippen LogP contribution in [-0.2, 0) is 0 Å². The molecule has 13 rings (SSSR count). The zero-order valence-corrected chi connectivity index (χ0v) is 33.5. The molecule has 4 aromatic heterocycles. The first-order valence-electron chi connectivity index (χ1n) is 21.0. The highest BCUT2D eigenvalue weighted by atomic mass is 15.4. The molecule has 4 heterocycles. The molecule has 0 atom stereocenters. The van der Waals surface area contributed by atoms with Crippen molar-refractivity contribution in [2.75, 3.05) is 0 Å². The maximum atomic E-state index is 4.97. The summed E-state index contributed by atoms with van der Waals surface area (Å²) in [4.78, 5) is 0. The third-order valence-corrected chi connectivity index (χ3v) is 12.5. The van der Waals surface area contributed by atoms with Gasteiger partial charge < -0.3 is 13.7 Å². The van der Waals surface area contributed by atoms with Gasteiger partial charge in [-0.05, 0) is 54.6 Å². The Labute approximate surface area is 356 Å². The molecule has 0 aliphatic heterocycles. The zero-order chi connectivity index (χ0) is 40.7. The first-order valence-corrected chi connectivity index (χ1v) is 21.0. The van der Waals surface area contributed by atoms with E-state index in [1.807, 2.05) is 10.7 Å². The lowest BCUT2D eigenvalue weighted by atomic mass is 10.0. The molecule has 290 valence electrons. The predicted octanol–water partition coefficient (Wildman–Crippen LogP) is 13.9. The number of benzene rings is 9. The minimum Gasteiger partial charge on any atom is -0.309 e. The lowest BCUT2D eigenvalue weighted by molar-refractivity contribution is 0.810. The smallest absolute Gasteiger partial charge is 0.121 e. The molecule has 0 aliphatic rings. The molecular weight excluding hydrogens is 757 g/mol. The molecule has 0 amide bonds. The third kappa shape index (κ3) is 4.92. The van der Waals surface area contributed by atoms with Gasteiger partial charge in [0.2, 0.25) is 0 Å². The van der Waals surface area contributed by atoms with Crippen molar-refractivity contribution in [1.29, 1.82) is 0 Å². The molecule has 0 spiro atoms. The zero-order valence-electron chi connectivity index (χ0n) is 33.5. The standard InChI is InChI=1S/C56H36N6/c1-4-19-37(20-5-1)53-54(38-21-6-2-7-22-38)62(58-57-53)51-34-18-28-42-40-25-11-14-30-46(40)61(55(42)51)49-33-17-16-32-48(49)60-47-31-15-12-27-44(47)52-50(60)36-35-43-41-26-10-13-29-45(41)59(56(43)52)39-23-8-3-9-24-39/h1-36H. The van der Waals surface area contributed by atoms with Gasteiger partial charge in [0.25, 0.3) is 0 Å². The highest BCUT2D eigenvalue weighted by molar-refractivity contribution is 6.26. The van der Waals surface area contributed by atoms with Gasteiger partial charge in [0, 0.05) is 49.1 Å². The summed E-state index contributed by atoms with van der Waals surface area (Å²) in [5.41, 5.74) is 14.9. The Hall–Kier alpha value is -8.48. The average Bonchev–Trinajstić information content (AvgIpc) is 4.11. The van der Waals surface area contributed by atoms with E-state index in [0.717, 1.165) is 72.7 Å². The normalized spacial score (nSPS) is 11.9. The van der Waals surface area contributed by atoms with Crippen molar-refractivity contribution < 1.29 is 0 Å². The lowest BCUT2D eigenvalue weighted by Crippen LogP contribution is -2.06. The number of hydrogen-bond donors (Lipinski definition) is 0. The third-order valence-electron chi connectivity index (χ3n) is 12.5. The number of para-hydroxylation sites is 7. The van der Waals surface area contributed by atoms with E-state index in [1.54, 1.807) is 0 Å². The molecule has 6 nitrogen and oxygen atoms in total. The molecule has 62 heavy (non-hydrogen) atoms. The summed E-state index contributed by atoms with van der Waals surface area (Å²) in [5.74, 6) is 0. The van der Waals surface area contributed by atoms with Gasteiger partial charge >= 0.3 is 0 Å². The second-order valence-electron chi connectivity index (χ2n) is 15.8. The highest BCUT2D eigenvalue weighted by Crippen LogP contribution is 2.44. The molecule has 0 unspecified atom stereocenters. The van der Waals surface area contributed by atoms with Crippen LogP contribution in [0.1, 0.15) is 0 Å². The minimum atomic E-state index is 0.835. The van der Waals surface area contributed by atoms with Gasteiger partial charge in [0.1, 0.15) is 11.4 Å². The van der Waals surface area contributed by atoms with Crippen molar-refractivity contribution in [2.24, 2.45) is 0 Å². The topological polar surface area (TPSA) is 45.5 Å². The van der Waals surface area contributed by atoms with Crippen molar-refractivity contribution in [1.82, 2.24) is 28.7 Å². The van der Waals surface area contributed by atoms with Gasteiger partial charge in [0.05, 0.1) is 50.2 Å². The number of nitrogens with zero attached hydrogens (tertiary/aromatic N) is 6. The van der Waals surface area contributed by atoms with Crippen LogP contribution in [0.2, 0.25) is 0 Å². The lowest BCUT2D eigenvalue weighted by Gasteiger charge is -2.18. The quantitative estimate of drug-likeness (QED) is 0.168. The molecule has 0 saturated heterocycles. The molecule has 0 fully saturated rings. The number of hydrogen-bond acceptors (Lipinski definition) is 2. The van der Waals surface area contributed by atoms with E-state index >= 15 is 0 Å². The van der Waals surface area contributed by atoms with E-state index in [-0.39, 0.29) is 0 Å². The average molecular weight is 793 g/mol. The molecule has 13 aromatic rings.